The van der Waals surface area contributed by atoms with Gasteiger partial charge in [0.15, 0.2) is 5.76 Å². The van der Waals surface area contributed by atoms with Crippen LogP contribution < -0.4 is 5.32 Å². The van der Waals surface area contributed by atoms with Crippen LogP contribution in [0, 0.1) is 18.3 Å². The zero-order chi connectivity index (χ0) is 12.3. The van der Waals surface area contributed by atoms with E-state index in [4.69, 9.17) is 9.78 Å². The van der Waals surface area contributed by atoms with Crippen molar-refractivity contribution in [1.29, 1.82) is 5.26 Å². The van der Waals surface area contributed by atoms with Gasteiger partial charge in [0, 0.05) is 10.5 Å². The van der Waals surface area contributed by atoms with Crippen LogP contribution in [0.5, 0.6) is 0 Å². The van der Waals surface area contributed by atoms with E-state index < -0.39 is 0 Å². The van der Waals surface area contributed by atoms with Gasteiger partial charge in [0.2, 0.25) is 0 Å². The van der Waals surface area contributed by atoms with Crippen molar-refractivity contribution in [2.75, 3.05) is 5.32 Å². The number of hydrogen-bond acceptors (Lipinski definition) is 4. The maximum Gasteiger partial charge on any atom is 0.156 e. The first-order chi connectivity index (χ1) is 8.20. The molecule has 0 aliphatic carbocycles. The highest BCUT2D eigenvalue weighted by atomic mass is 79.9. The van der Waals surface area contributed by atoms with Gasteiger partial charge in [-0.15, -0.1) is 0 Å². The van der Waals surface area contributed by atoms with Gasteiger partial charge in [-0.3, -0.25) is 0 Å². The molecule has 86 valence electrons. The molecule has 1 aromatic carbocycles. The Morgan fingerprint density at radius 2 is 2.35 bits per heavy atom. The molecule has 4 nitrogen and oxygen atoms in total. The predicted octanol–water partition coefficient (Wildman–Crippen LogP) is 3.23. The van der Waals surface area contributed by atoms with Crippen molar-refractivity contribution in [3.05, 3.63) is 45.8 Å². The van der Waals surface area contributed by atoms with E-state index >= 15 is 0 Å². The molecule has 2 rings (SSSR count). The van der Waals surface area contributed by atoms with Crippen molar-refractivity contribution in [3.8, 4) is 6.07 Å². The smallest absolute Gasteiger partial charge is 0.156 e. The number of anilines is 1. The summed E-state index contributed by atoms with van der Waals surface area (Å²) in [6.45, 7) is 2.37. The lowest BCUT2D eigenvalue weighted by molar-refractivity contribution is 0.384. The Kier molecular flexibility index (Phi) is 3.45. The van der Waals surface area contributed by atoms with Crippen LogP contribution >= 0.6 is 15.9 Å². The van der Waals surface area contributed by atoms with Gasteiger partial charge in [-0.05, 0) is 35.0 Å². The molecule has 5 heteroatoms. The largest absolute Gasteiger partial charge is 0.377 e. The van der Waals surface area contributed by atoms with Gasteiger partial charge < -0.3 is 9.84 Å². The molecule has 0 spiro atoms. The first-order valence-corrected chi connectivity index (χ1v) is 5.84. The van der Waals surface area contributed by atoms with E-state index in [2.05, 4.69) is 32.5 Å². The summed E-state index contributed by atoms with van der Waals surface area (Å²) in [4.78, 5) is 0. The molecule has 2 aromatic rings. The Morgan fingerprint density at radius 1 is 1.53 bits per heavy atom. The molecule has 0 fully saturated rings. The molecule has 0 unspecified atom stereocenters. The van der Waals surface area contributed by atoms with Crippen LogP contribution in [0.4, 0.5) is 5.69 Å². The fraction of sp³-hybridized carbons (Fsp3) is 0.167. The minimum atomic E-state index is 0.506. The number of nitriles is 1. The minimum absolute atomic E-state index is 0.506. The highest BCUT2D eigenvalue weighted by molar-refractivity contribution is 9.10. The second-order valence-electron chi connectivity index (χ2n) is 3.56. The van der Waals surface area contributed by atoms with Crippen LogP contribution in [0.3, 0.4) is 0 Å². The highest BCUT2D eigenvalue weighted by Gasteiger charge is 2.06. The lowest BCUT2D eigenvalue weighted by atomic mass is 10.2. The Bertz CT molecular complexity index is 571. The molecule has 0 radical (unpaired) electrons. The van der Waals surface area contributed by atoms with Gasteiger partial charge in [0.1, 0.15) is 6.07 Å². The first kappa shape index (κ1) is 11.7. The van der Waals surface area contributed by atoms with Gasteiger partial charge in [0.25, 0.3) is 0 Å². The number of halogens is 1. The SMILES string of the molecule is Cc1cc(CNc2cccc(Br)c2C#N)on1. The number of hydrogen-bond donors (Lipinski definition) is 1. The van der Waals surface area contributed by atoms with Crippen LogP contribution in [-0.4, -0.2) is 5.16 Å². The Labute approximate surface area is 107 Å². The Balaban J connectivity index is 2.14. The van der Waals surface area contributed by atoms with E-state index in [1.165, 1.54) is 0 Å². The lowest BCUT2D eigenvalue weighted by Crippen LogP contribution is -2.00. The molecule has 0 aliphatic rings. The number of rotatable bonds is 3. The number of aryl methyl sites for hydroxylation is 1. The summed E-state index contributed by atoms with van der Waals surface area (Å²) in [5, 5.41) is 16.0. The zero-order valence-corrected chi connectivity index (χ0v) is 10.8. The molecule has 1 N–H and O–H groups in total. The summed E-state index contributed by atoms with van der Waals surface area (Å²) in [5.74, 6) is 0.742. The summed E-state index contributed by atoms with van der Waals surface area (Å²) < 4.78 is 5.86. The van der Waals surface area contributed by atoms with E-state index in [9.17, 15) is 0 Å². The topological polar surface area (TPSA) is 61.9 Å². The summed E-state index contributed by atoms with van der Waals surface area (Å²) in [6.07, 6.45) is 0. The average molecular weight is 292 g/mol. The standard InChI is InChI=1S/C12H10BrN3O/c1-8-5-9(17-16-8)7-15-12-4-2-3-11(13)10(12)6-14/h2-5,15H,7H2,1H3. The monoisotopic (exact) mass is 291 g/mol. The molecule has 0 atom stereocenters. The third kappa shape index (κ3) is 2.66. The van der Waals surface area contributed by atoms with Crippen LogP contribution in [0.2, 0.25) is 0 Å². The molecule has 0 aliphatic heterocycles. The maximum absolute atomic E-state index is 9.04. The molecular weight excluding hydrogens is 282 g/mol. The van der Waals surface area contributed by atoms with Crippen molar-refractivity contribution in [1.82, 2.24) is 5.16 Å². The number of aromatic nitrogens is 1. The quantitative estimate of drug-likeness (QED) is 0.943. The fourth-order valence-corrected chi connectivity index (χ4v) is 1.92. The predicted molar refractivity (Wildman–Crippen MR) is 67.4 cm³/mol. The third-order valence-corrected chi connectivity index (χ3v) is 2.92. The van der Waals surface area contributed by atoms with Crippen LogP contribution in [0.25, 0.3) is 0 Å². The maximum atomic E-state index is 9.04. The summed E-state index contributed by atoms with van der Waals surface area (Å²) in [5.41, 5.74) is 2.20. The fourth-order valence-electron chi connectivity index (χ4n) is 1.47. The summed E-state index contributed by atoms with van der Waals surface area (Å²) in [6, 6.07) is 9.57. The Hall–Kier alpha value is -1.80. The van der Waals surface area contributed by atoms with E-state index in [1.54, 1.807) is 0 Å². The second kappa shape index (κ2) is 5.02. The Morgan fingerprint density at radius 3 is 3.00 bits per heavy atom. The van der Waals surface area contributed by atoms with Crippen molar-refractivity contribution in [2.24, 2.45) is 0 Å². The second-order valence-corrected chi connectivity index (χ2v) is 4.42. The van der Waals surface area contributed by atoms with Crippen molar-refractivity contribution < 1.29 is 4.52 Å². The molecule has 0 saturated heterocycles. The van der Waals surface area contributed by atoms with E-state index in [-0.39, 0.29) is 0 Å². The molecule has 17 heavy (non-hydrogen) atoms. The zero-order valence-electron chi connectivity index (χ0n) is 9.20. The minimum Gasteiger partial charge on any atom is -0.377 e. The molecule has 0 saturated carbocycles. The van der Waals surface area contributed by atoms with E-state index in [0.717, 1.165) is 21.6 Å². The van der Waals surface area contributed by atoms with Crippen LogP contribution in [0.15, 0.2) is 33.3 Å². The van der Waals surface area contributed by atoms with Crippen molar-refractivity contribution >= 4 is 21.6 Å². The average Bonchev–Trinajstić information content (AvgIpc) is 2.72. The number of nitrogens with one attached hydrogen (secondary N) is 1. The van der Waals surface area contributed by atoms with E-state index in [0.29, 0.717) is 12.1 Å². The van der Waals surface area contributed by atoms with Gasteiger partial charge >= 0.3 is 0 Å². The lowest BCUT2D eigenvalue weighted by Gasteiger charge is -2.06. The molecular formula is C12H10BrN3O. The number of nitrogens with zero attached hydrogens (tertiary/aromatic N) is 2. The summed E-state index contributed by atoms with van der Waals surface area (Å²) in [7, 11) is 0. The van der Waals surface area contributed by atoms with Gasteiger partial charge in [0.05, 0.1) is 23.5 Å². The van der Waals surface area contributed by atoms with Gasteiger partial charge in [-0.1, -0.05) is 11.2 Å². The third-order valence-electron chi connectivity index (χ3n) is 2.26. The molecule has 1 heterocycles. The van der Waals surface area contributed by atoms with Crippen LogP contribution in [-0.2, 0) is 6.54 Å². The highest BCUT2D eigenvalue weighted by Crippen LogP contribution is 2.24. The normalized spacial score (nSPS) is 9.94. The molecule has 0 bridgehead atoms. The van der Waals surface area contributed by atoms with Gasteiger partial charge in [-0.2, -0.15) is 5.26 Å². The van der Waals surface area contributed by atoms with E-state index in [1.807, 2.05) is 31.2 Å². The van der Waals surface area contributed by atoms with Crippen molar-refractivity contribution in [2.45, 2.75) is 13.5 Å². The molecule has 1 aromatic heterocycles. The van der Waals surface area contributed by atoms with Gasteiger partial charge in [-0.25, -0.2) is 0 Å². The van der Waals surface area contributed by atoms with Crippen LogP contribution in [0.1, 0.15) is 17.0 Å². The summed E-state index contributed by atoms with van der Waals surface area (Å²) >= 11 is 3.34. The van der Waals surface area contributed by atoms with Crippen molar-refractivity contribution in [3.63, 3.8) is 0 Å². The first-order valence-electron chi connectivity index (χ1n) is 5.05. The molecule has 0 amide bonds. The number of benzene rings is 1.